The molecule has 0 aliphatic rings. The molecular formula is C15H12ClN. The molecule has 2 aromatic carbocycles. The van der Waals surface area contributed by atoms with Gasteiger partial charge in [-0.3, -0.25) is 0 Å². The summed E-state index contributed by atoms with van der Waals surface area (Å²) in [5, 5.41) is 9.52. The number of benzene rings is 2. The molecule has 0 aliphatic heterocycles. The third kappa shape index (κ3) is 2.67. The highest BCUT2D eigenvalue weighted by molar-refractivity contribution is 6.31. The first-order valence-corrected chi connectivity index (χ1v) is 5.90. The lowest BCUT2D eigenvalue weighted by Crippen LogP contribution is -1.84. The van der Waals surface area contributed by atoms with Gasteiger partial charge in [-0.1, -0.05) is 42.8 Å². The summed E-state index contributed by atoms with van der Waals surface area (Å²) < 4.78 is 0. The maximum atomic E-state index is 8.93. The highest BCUT2D eigenvalue weighted by atomic mass is 35.5. The topological polar surface area (TPSA) is 23.8 Å². The number of nitriles is 1. The number of halogens is 1. The van der Waals surface area contributed by atoms with Crippen LogP contribution in [-0.4, -0.2) is 0 Å². The Morgan fingerprint density at radius 3 is 2.65 bits per heavy atom. The van der Waals surface area contributed by atoms with Crippen LogP contribution in [0.1, 0.15) is 18.1 Å². The van der Waals surface area contributed by atoms with E-state index in [0.29, 0.717) is 10.6 Å². The summed E-state index contributed by atoms with van der Waals surface area (Å²) in [4.78, 5) is 0. The van der Waals surface area contributed by atoms with Gasteiger partial charge < -0.3 is 0 Å². The minimum atomic E-state index is 0.592. The van der Waals surface area contributed by atoms with Crippen molar-refractivity contribution >= 4 is 11.6 Å². The van der Waals surface area contributed by atoms with Crippen LogP contribution < -0.4 is 0 Å². The Bertz CT molecular complexity index is 582. The van der Waals surface area contributed by atoms with Crippen LogP contribution in [0.5, 0.6) is 0 Å². The van der Waals surface area contributed by atoms with Gasteiger partial charge in [0.25, 0.3) is 0 Å². The van der Waals surface area contributed by atoms with Crippen LogP contribution in [0.3, 0.4) is 0 Å². The summed E-state index contributed by atoms with van der Waals surface area (Å²) in [6.45, 7) is 2.12. The Balaban J connectivity index is 2.52. The first-order valence-electron chi connectivity index (χ1n) is 5.53. The molecule has 0 aromatic heterocycles. The number of rotatable bonds is 2. The Morgan fingerprint density at radius 2 is 1.94 bits per heavy atom. The zero-order chi connectivity index (χ0) is 12.3. The predicted molar refractivity (Wildman–Crippen MR) is 71.0 cm³/mol. The van der Waals surface area contributed by atoms with Gasteiger partial charge in [-0.15, -0.1) is 0 Å². The Morgan fingerprint density at radius 1 is 1.12 bits per heavy atom. The van der Waals surface area contributed by atoms with E-state index in [9.17, 15) is 0 Å². The summed E-state index contributed by atoms with van der Waals surface area (Å²) >= 11 is 6.00. The SMILES string of the molecule is CCc1cccc(-c2cc(Cl)cc(C#N)c2)c1. The van der Waals surface area contributed by atoms with Gasteiger partial charge in [-0.2, -0.15) is 5.26 Å². The summed E-state index contributed by atoms with van der Waals surface area (Å²) in [6.07, 6.45) is 1.000. The fraction of sp³-hybridized carbons (Fsp3) is 0.133. The largest absolute Gasteiger partial charge is 0.192 e. The van der Waals surface area contributed by atoms with Crippen LogP contribution in [0.25, 0.3) is 11.1 Å². The van der Waals surface area contributed by atoms with Crippen molar-refractivity contribution in [3.05, 3.63) is 58.6 Å². The molecule has 0 fully saturated rings. The molecule has 0 N–H and O–H groups in total. The molecule has 0 amide bonds. The van der Waals surface area contributed by atoms with Crippen molar-refractivity contribution in [2.45, 2.75) is 13.3 Å². The standard InChI is InChI=1S/C15H12ClN/c1-2-11-4-3-5-13(6-11)14-7-12(10-17)8-15(16)9-14/h3-9H,2H2,1H3. The van der Waals surface area contributed by atoms with Crippen molar-refractivity contribution in [2.75, 3.05) is 0 Å². The smallest absolute Gasteiger partial charge is 0.0992 e. The monoisotopic (exact) mass is 241 g/mol. The van der Waals surface area contributed by atoms with Crippen molar-refractivity contribution in [3.63, 3.8) is 0 Å². The fourth-order valence-electron chi connectivity index (χ4n) is 1.79. The first kappa shape index (κ1) is 11.7. The number of aryl methyl sites for hydroxylation is 1. The third-order valence-corrected chi connectivity index (χ3v) is 2.91. The quantitative estimate of drug-likeness (QED) is 0.763. The van der Waals surface area contributed by atoms with Crippen molar-refractivity contribution in [2.24, 2.45) is 0 Å². The molecule has 0 radical (unpaired) electrons. The van der Waals surface area contributed by atoms with Crippen LogP contribution in [0, 0.1) is 11.3 Å². The molecule has 0 heterocycles. The second-order valence-corrected chi connectivity index (χ2v) is 4.33. The van der Waals surface area contributed by atoms with E-state index in [0.717, 1.165) is 17.5 Å². The molecular weight excluding hydrogens is 230 g/mol. The zero-order valence-corrected chi connectivity index (χ0v) is 10.3. The van der Waals surface area contributed by atoms with Crippen molar-refractivity contribution < 1.29 is 0 Å². The molecule has 2 rings (SSSR count). The molecule has 0 bridgehead atoms. The zero-order valence-electron chi connectivity index (χ0n) is 9.57. The molecule has 0 unspecified atom stereocenters. The van der Waals surface area contributed by atoms with Gasteiger partial charge in [0, 0.05) is 5.02 Å². The van der Waals surface area contributed by atoms with Crippen LogP contribution in [0.15, 0.2) is 42.5 Å². The van der Waals surface area contributed by atoms with E-state index in [-0.39, 0.29) is 0 Å². The second kappa shape index (κ2) is 5.03. The number of hydrogen-bond acceptors (Lipinski definition) is 1. The first-order chi connectivity index (χ1) is 8.22. The molecule has 0 atom stereocenters. The van der Waals surface area contributed by atoms with E-state index in [1.807, 2.05) is 24.3 Å². The van der Waals surface area contributed by atoms with Gasteiger partial charge in [0.15, 0.2) is 0 Å². The highest BCUT2D eigenvalue weighted by Crippen LogP contribution is 2.25. The maximum Gasteiger partial charge on any atom is 0.0992 e. The van der Waals surface area contributed by atoms with E-state index in [1.54, 1.807) is 6.07 Å². The maximum absolute atomic E-state index is 8.93. The average Bonchev–Trinajstić information content (AvgIpc) is 2.38. The third-order valence-electron chi connectivity index (χ3n) is 2.70. The second-order valence-electron chi connectivity index (χ2n) is 3.89. The van der Waals surface area contributed by atoms with E-state index >= 15 is 0 Å². The molecule has 84 valence electrons. The normalized spacial score (nSPS) is 9.94. The number of nitrogens with zero attached hydrogens (tertiary/aromatic N) is 1. The molecule has 0 saturated carbocycles. The Labute approximate surface area is 106 Å². The summed E-state index contributed by atoms with van der Waals surface area (Å²) in [6, 6.07) is 15.8. The van der Waals surface area contributed by atoms with Crippen LogP contribution >= 0.6 is 11.6 Å². The molecule has 2 aromatic rings. The molecule has 0 saturated heterocycles. The predicted octanol–water partition coefficient (Wildman–Crippen LogP) is 4.44. The molecule has 0 aliphatic carbocycles. The molecule has 17 heavy (non-hydrogen) atoms. The average molecular weight is 242 g/mol. The Hall–Kier alpha value is -1.78. The van der Waals surface area contributed by atoms with Gasteiger partial charge in [-0.05, 0) is 41.3 Å². The molecule has 2 heteroatoms. The molecule has 1 nitrogen and oxygen atoms in total. The minimum absolute atomic E-state index is 0.592. The fourth-order valence-corrected chi connectivity index (χ4v) is 2.03. The van der Waals surface area contributed by atoms with Gasteiger partial charge in [0.2, 0.25) is 0 Å². The van der Waals surface area contributed by atoms with Gasteiger partial charge in [0.1, 0.15) is 0 Å². The number of hydrogen-bond donors (Lipinski definition) is 0. The lowest BCUT2D eigenvalue weighted by Gasteiger charge is -2.05. The van der Waals surface area contributed by atoms with Crippen molar-refractivity contribution in [1.29, 1.82) is 5.26 Å². The van der Waals surface area contributed by atoms with E-state index in [4.69, 9.17) is 16.9 Å². The van der Waals surface area contributed by atoms with Gasteiger partial charge in [-0.25, -0.2) is 0 Å². The van der Waals surface area contributed by atoms with Crippen LogP contribution in [0.4, 0.5) is 0 Å². The van der Waals surface area contributed by atoms with Gasteiger partial charge >= 0.3 is 0 Å². The van der Waals surface area contributed by atoms with Gasteiger partial charge in [0.05, 0.1) is 11.6 Å². The lowest BCUT2D eigenvalue weighted by atomic mass is 10.0. The highest BCUT2D eigenvalue weighted by Gasteiger charge is 2.02. The van der Waals surface area contributed by atoms with E-state index in [1.165, 1.54) is 5.56 Å². The summed E-state index contributed by atoms with van der Waals surface area (Å²) in [5.74, 6) is 0. The van der Waals surface area contributed by atoms with Crippen LogP contribution in [0.2, 0.25) is 5.02 Å². The minimum Gasteiger partial charge on any atom is -0.192 e. The Kier molecular flexibility index (Phi) is 3.46. The molecule has 0 spiro atoms. The summed E-state index contributed by atoms with van der Waals surface area (Å²) in [5.41, 5.74) is 3.96. The van der Waals surface area contributed by atoms with E-state index < -0.39 is 0 Å². The van der Waals surface area contributed by atoms with Crippen molar-refractivity contribution in [1.82, 2.24) is 0 Å². The summed E-state index contributed by atoms with van der Waals surface area (Å²) in [7, 11) is 0. The van der Waals surface area contributed by atoms with Crippen molar-refractivity contribution in [3.8, 4) is 17.2 Å². The van der Waals surface area contributed by atoms with E-state index in [2.05, 4.69) is 25.1 Å². The lowest BCUT2D eigenvalue weighted by molar-refractivity contribution is 1.14. The van der Waals surface area contributed by atoms with Crippen LogP contribution in [-0.2, 0) is 6.42 Å².